The number of anilines is 1. The number of fused-ring (bicyclic) bond motifs is 1. The predicted molar refractivity (Wildman–Crippen MR) is 102 cm³/mol. The fraction of sp³-hybridized carbons (Fsp3) is 0.0455. The average Bonchev–Trinajstić information content (AvgIpc) is 2.98. The lowest BCUT2D eigenvalue weighted by Gasteiger charge is -2.15. The van der Waals surface area contributed by atoms with E-state index >= 15 is 0 Å². The smallest absolute Gasteiger partial charge is 0.336 e. The lowest BCUT2D eigenvalue weighted by Crippen LogP contribution is -2.29. The highest BCUT2D eigenvalue weighted by Crippen LogP contribution is 2.29. The van der Waals surface area contributed by atoms with E-state index in [2.05, 4.69) is 0 Å². The maximum Gasteiger partial charge on any atom is 0.336 e. The number of carboxylic acids is 1. The van der Waals surface area contributed by atoms with Crippen molar-refractivity contribution in [2.24, 2.45) is 0 Å². The Labute approximate surface area is 160 Å². The SMILES string of the molecule is O=C(O)c1ccccc1COc1ccc(N2C(=O)c3ccccc3C2=O)cc1. The highest BCUT2D eigenvalue weighted by Gasteiger charge is 2.36. The van der Waals surface area contributed by atoms with Crippen molar-refractivity contribution >= 4 is 23.5 Å². The van der Waals surface area contributed by atoms with Gasteiger partial charge >= 0.3 is 5.97 Å². The lowest BCUT2D eigenvalue weighted by molar-refractivity contribution is 0.0693. The Morgan fingerprint density at radius 3 is 2.00 bits per heavy atom. The molecule has 0 unspecified atom stereocenters. The molecule has 3 aromatic carbocycles. The average molecular weight is 373 g/mol. The number of benzene rings is 3. The van der Waals surface area contributed by atoms with Gasteiger partial charge < -0.3 is 9.84 Å². The van der Waals surface area contributed by atoms with E-state index in [1.807, 2.05) is 0 Å². The molecule has 0 saturated heterocycles. The van der Waals surface area contributed by atoms with Crippen molar-refractivity contribution < 1.29 is 24.2 Å². The van der Waals surface area contributed by atoms with Crippen molar-refractivity contribution in [2.45, 2.75) is 6.61 Å². The summed E-state index contributed by atoms with van der Waals surface area (Å²) in [4.78, 5) is 37.4. The molecule has 4 rings (SSSR count). The number of hydrogen-bond acceptors (Lipinski definition) is 4. The zero-order chi connectivity index (χ0) is 19.7. The molecule has 3 aromatic rings. The van der Waals surface area contributed by atoms with Crippen LogP contribution in [-0.4, -0.2) is 22.9 Å². The van der Waals surface area contributed by atoms with Crippen LogP contribution in [0.3, 0.4) is 0 Å². The van der Waals surface area contributed by atoms with Gasteiger partial charge in [-0.15, -0.1) is 0 Å². The molecule has 6 nitrogen and oxygen atoms in total. The van der Waals surface area contributed by atoms with Gasteiger partial charge in [-0.05, 0) is 42.5 Å². The first-order valence-corrected chi connectivity index (χ1v) is 8.58. The van der Waals surface area contributed by atoms with Crippen LogP contribution < -0.4 is 9.64 Å². The van der Waals surface area contributed by atoms with Crippen LogP contribution in [0.25, 0.3) is 0 Å². The van der Waals surface area contributed by atoms with Crippen molar-refractivity contribution in [1.82, 2.24) is 0 Å². The molecule has 0 fully saturated rings. The van der Waals surface area contributed by atoms with Crippen LogP contribution in [0.15, 0.2) is 72.8 Å². The summed E-state index contributed by atoms with van der Waals surface area (Å²) < 4.78 is 5.66. The van der Waals surface area contributed by atoms with E-state index in [9.17, 15) is 19.5 Å². The summed E-state index contributed by atoms with van der Waals surface area (Å²) in [6, 6.07) is 19.9. The zero-order valence-corrected chi connectivity index (χ0v) is 14.7. The minimum atomic E-state index is -1.01. The monoisotopic (exact) mass is 373 g/mol. The molecule has 2 amide bonds. The topological polar surface area (TPSA) is 83.9 Å². The molecular formula is C22H15NO5. The molecule has 1 aliphatic heterocycles. The van der Waals surface area contributed by atoms with Crippen LogP contribution in [0.4, 0.5) is 5.69 Å². The van der Waals surface area contributed by atoms with Crippen LogP contribution in [0, 0.1) is 0 Å². The Balaban J connectivity index is 1.51. The molecule has 0 radical (unpaired) electrons. The van der Waals surface area contributed by atoms with Crippen LogP contribution in [-0.2, 0) is 6.61 Å². The first-order chi connectivity index (χ1) is 13.6. The molecule has 1 aliphatic rings. The van der Waals surface area contributed by atoms with Crippen molar-refractivity contribution in [3.8, 4) is 5.75 Å². The number of nitrogens with zero attached hydrogens (tertiary/aromatic N) is 1. The van der Waals surface area contributed by atoms with Crippen LogP contribution in [0.1, 0.15) is 36.6 Å². The van der Waals surface area contributed by atoms with Gasteiger partial charge in [0.25, 0.3) is 11.8 Å². The van der Waals surface area contributed by atoms with Gasteiger partial charge in [0, 0.05) is 5.56 Å². The van der Waals surface area contributed by atoms with E-state index in [4.69, 9.17) is 4.74 Å². The molecule has 1 N–H and O–H groups in total. The molecule has 0 bridgehead atoms. The number of imide groups is 1. The predicted octanol–water partition coefficient (Wildman–Crippen LogP) is 3.76. The number of amides is 2. The van der Waals surface area contributed by atoms with Crippen LogP contribution in [0.2, 0.25) is 0 Å². The summed E-state index contributed by atoms with van der Waals surface area (Å²) in [6.45, 7) is 0.0921. The first-order valence-electron chi connectivity index (χ1n) is 8.58. The number of carbonyl (C=O) groups excluding carboxylic acids is 2. The van der Waals surface area contributed by atoms with E-state index in [1.165, 1.54) is 6.07 Å². The van der Waals surface area contributed by atoms with E-state index in [-0.39, 0.29) is 24.0 Å². The summed E-state index contributed by atoms with van der Waals surface area (Å²) >= 11 is 0. The maximum absolute atomic E-state index is 12.5. The van der Waals surface area contributed by atoms with Crippen LogP contribution >= 0.6 is 0 Å². The summed E-state index contributed by atoms with van der Waals surface area (Å²) in [5.41, 5.74) is 1.96. The van der Waals surface area contributed by atoms with E-state index in [1.54, 1.807) is 66.7 Å². The summed E-state index contributed by atoms with van der Waals surface area (Å²) in [5, 5.41) is 9.22. The Morgan fingerprint density at radius 2 is 1.39 bits per heavy atom. The van der Waals surface area contributed by atoms with Gasteiger partial charge in [0.1, 0.15) is 12.4 Å². The normalized spacial score (nSPS) is 12.8. The van der Waals surface area contributed by atoms with Gasteiger partial charge in [-0.25, -0.2) is 9.69 Å². The second kappa shape index (κ2) is 7.00. The molecule has 138 valence electrons. The Morgan fingerprint density at radius 1 is 0.821 bits per heavy atom. The van der Waals surface area contributed by atoms with Gasteiger partial charge in [-0.2, -0.15) is 0 Å². The van der Waals surface area contributed by atoms with Crippen molar-refractivity contribution in [2.75, 3.05) is 4.90 Å². The first kappa shape index (κ1) is 17.5. The summed E-state index contributed by atoms with van der Waals surface area (Å²) in [7, 11) is 0. The minimum absolute atomic E-state index is 0.0921. The standard InChI is InChI=1S/C22H15NO5/c24-20-18-7-3-4-8-19(18)21(25)23(20)15-9-11-16(12-10-15)28-13-14-5-1-2-6-17(14)22(26)27/h1-12H,13H2,(H,26,27). The fourth-order valence-corrected chi connectivity index (χ4v) is 3.13. The number of aromatic carboxylic acids is 1. The van der Waals surface area contributed by atoms with Crippen molar-refractivity contribution in [3.05, 3.63) is 95.1 Å². The fourth-order valence-electron chi connectivity index (χ4n) is 3.13. The highest BCUT2D eigenvalue weighted by atomic mass is 16.5. The molecule has 0 atom stereocenters. The molecule has 1 heterocycles. The summed E-state index contributed by atoms with van der Waals surface area (Å²) in [5.74, 6) is -1.23. The Hall–Kier alpha value is -3.93. The minimum Gasteiger partial charge on any atom is -0.489 e. The Bertz CT molecular complexity index is 1050. The molecule has 0 saturated carbocycles. The quantitative estimate of drug-likeness (QED) is 0.689. The van der Waals surface area contributed by atoms with Crippen molar-refractivity contribution in [1.29, 1.82) is 0 Å². The number of ether oxygens (including phenoxy) is 1. The van der Waals surface area contributed by atoms with Gasteiger partial charge in [0.05, 0.1) is 22.4 Å². The van der Waals surface area contributed by atoms with Gasteiger partial charge in [0.2, 0.25) is 0 Å². The highest BCUT2D eigenvalue weighted by molar-refractivity contribution is 6.34. The molecule has 28 heavy (non-hydrogen) atoms. The van der Waals surface area contributed by atoms with Crippen LogP contribution in [0.5, 0.6) is 5.75 Å². The maximum atomic E-state index is 12.5. The molecule has 0 spiro atoms. The van der Waals surface area contributed by atoms with Crippen molar-refractivity contribution in [3.63, 3.8) is 0 Å². The third-order valence-electron chi connectivity index (χ3n) is 4.53. The molecule has 0 aromatic heterocycles. The Kier molecular flexibility index (Phi) is 4.37. The van der Waals surface area contributed by atoms with E-state index in [0.29, 0.717) is 28.1 Å². The largest absolute Gasteiger partial charge is 0.489 e. The summed E-state index contributed by atoms with van der Waals surface area (Å²) in [6.07, 6.45) is 0. The molecular weight excluding hydrogens is 358 g/mol. The molecule has 0 aliphatic carbocycles. The van der Waals surface area contributed by atoms with E-state index < -0.39 is 5.97 Å². The second-order valence-electron chi connectivity index (χ2n) is 6.24. The number of rotatable bonds is 5. The third-order valence-corrected chi connectivity index (χ3v) is 4.53. The van der Waals surface area contributed by atoms with Gasteiger partial charge in [-0.1, -0.05) is 30.3 Å². The zero-order valence-electron chi connectivity index (χ0n) is 14.7. The third kappa shape index (κ3) is 3.01. The number of carbonyl (C=O) groups is 3. The second-order valence-corrected chi connectivity index (χ2v) is 6.24. The van der Waals surface area contributed by atoms with Gasteiger partial charge in [-0.3, -0.25) is 9.59 Å². The lowest BCUT2D eigenvalue weighted by atomic mass is 10.1. The number of carboxylic acid groups (broad SMARTS) is 1. The number of hydrogen-bond donors (Lipinski definition) is 1. The van der Waals surface area contributed by atoms with E-state index in [0.717, 1.165) is 4.90 Å². The van der Waals surface area contributed by atoms with Gasteiger partial charge in [0.15, 0.2) is 0 Å². The molecule has 6 heteroatoms.